The zero-order valence-electron chi connectivity index (χ0n) is 15.7. The molecular formula is C20H24N2O3S2. The number of furan rings is 1. The normalized spacial score (nSPS) is 16.7. The van der Waals surface area contributed by atoms with E-state index in [2.05, 4.69) is 6.92 Å². The molecule has 3 heterocycles. The molecule has 0 radical (unpaired) electrons. The van der Waals surface area contributed by atoms with Crippen molar-refractivity contribution in [2.45, 2.75) is 44.8 Å². The van der Waals surface area contributed by atoms with Crippen molar-refractivity contribution in [2.24, 2.45) is 5.92 Å². The number of nitrogens with zero attached hydrogens (tertiary/aromatic N) is 2. The predicted molar refractivity (Wildman–Crippen MR) is 110 cm³/mol. The fourth-order valence-corrected chi connectivity index (χ4v) is 5.82. The zero-order valence-corrected chi connectivity index (χ0v) is 17.3. The number of hydrogen-bond acceptors (Lipinski definition) is 6. The number of rotatable bonds is 7. The molecule has 0 saturated heterocycles. The van der Waals surface area contributed by atoms with Crippen molar-refractivity contribution in [1.82, 2.24) is 9.55 Å². The van der Waals surface area contributed by atoms with Crippen molar-refractivity contribution < 1.29 is 9.15 Å². The minimum absolute atomic E-state index is 0.0577. The van der Waals surface area contributed by atoms with E-state index >= 15 is 0 Å². The number of hydrogen-bond donors (Lipinski definition) is 0. The van der Waals surface area contributed by atoms with Crippen LogP contribution in [0.4, 0.5) is 0 Å². The first-order valence-electron chi connectivity index (χ1n) is 9.45. The van der Waals surface area contributed by atoms with Gasteiger partial charge < -0.3 is 9.15 Å². The van der Waals surface area contributed by atoms with Gasteiger partial charge in [-0.15, -0.1) is 11.3 Å². The third-order valence-corrected chi connectivity index (χ3v) is 7.03. The maximum Gasteiger partial charge on any atom is 0.263 e. The van der Waals surface area contributed by atoms with Crippen LogP contribution in [0.2, 0.25) is 0 Å². The SMILES string of the molecule is CCOCCSc1nc2sc3c(c2c(=O)n1Cc1ccco1)CCC(C)C3. The topological polar surface area (TPSA) is 57.3 Å². The summed E-state index contributed by atoms with van der Waals surface area (Å²) in [5.74, 6) is 2.21. The first-order chi connectivity index (χ1) is 13.2. The molecule has 0 aliphatic heterocycles. The standard InChI is InChI=1S/C20H24N2O3S2/c1-3-24-9-10-26-20-21-18-17(15-7-6-13(2)11-16(15)27-18)19(23)22(20)12-14-5-4-8-25-14/h4-5,8,13H,3,6-7,9-12H2,1-2H3. The van der Waals surface area contributed by atoms with Crippen molar-refractivity contribution in [3.63, 3.8) is 0 Å². The van der Waals surface area contributed by atoms with Crippen LogP contribution in [0.1, 0.15) is 36.5 Å². The van der Waals surface area contributed by atoms with Crippen LogP contribution in [-0.2, 0) is 24.1 Å². The monoisotopic (exact) mass is 404 g/mol. The Hall–Kier alpha value is -1.57. The molecule has 5 nitrogen and oxygen atoms in total. The Morgan fingerprint density at radius 3 is 3.15 bits per heavy atom. The van der Waals surface area contributed by atoms with Gasteiger partial charge in [0.2, 0.25) is 0 Å². The van der Waals surface area contributed by atoms with Gasteiger partial charge in [-0.1, -0.05) is 18.7 Å². The van der Waals surface area contributed by atoms with Gasteiger partial charge in [0, 0.05) is 17.2 Å². The van der Waals surface area contributed by atoms with Crippen molar-refractivity contribution >= 4 is 33.3 Å². The second-order valence-corrected chi connectivity index (χ2v) is 9.09. The fourth-order valence-electron chi connectivity index (χ4n) is 3.55. The number of thiophene rings is 1. The molecule has 4 rings (SSSR count). The van der Waals surface area contributed by atoms with Crippen LogP contribution in [0.25, 0.3) is 10.2 Å². The number of aromatic nitrogens is 2. The van der Waals surface area contributed by atoms with Crippen LogP contribution < -0.4 is 5.56 Å². The largest absolute Gasteiger partial charge is 0.467 e. The van der Waals surface area contributed by atoms with E-state index in [1.807, 2.05) is 19.1 Å². The second-order valence-electron chi connectivity index (χ2n) is 6.94. The molecule has 1 unspecified atom stereocenters. The first kappa shape index (κ1) is 18.8. The summed E-state index contributed by atoms with van der Waals surface area (Å²) < 4.78 is 12.7. The summed E-state index contributed by atoms with van der Waals surface area (Å²) in [6.45, 7) is 6.02. The molecular weight excluding hydrogens is 380 g/mol. The molecule has 0 saturated carbocycles. The summed E-state index contributed by atoms with van der Waals surface area (Å²) in [6, 6.07) is 3.75. The summed E-state index contributed by atoms with van der Waals surface area (Å²) in [6.07, 6.45) is 4.81. The van der Waals surface area contributed by atoms with Gasteiger partial charge in [-0.05, 0) is 49.8 Å². The summed E-state index contributed by atoms with van der Waals surface area (Å²) in [4.78, 5) is 20.5. The maximum absolute atomic E-state index is 13.4. The molecule has 27 heavy (non-hydrogen) atoms. The average Bonchev–Trinajstić information content (AvgIpc) is 3.28. The second kappa shape index (κ2) is 8.20. The number of aryl methyl sites for hydroxylation is 1. The molecule has 0 amide bonds. The third-order valence-electron chi connectivity index (χ3n) is 4.94. The van der Waals surface area contributed by atoms with Gasteiger partial charge in [-0.2, -0.15) is 0 Å². The highest BCUT2D eigenvalue weighted by atomic mass is 32.2. The summed E-state index contributed by atoms with van der Waals surface area (Å²) in [5, 5.41) is 1.57. The molecule has 3 aromatic heterocycles. The highest BCUT2D eigenvalue weighted by molar-refractivity contribution is 7.99. The molecule has 1 atom stereocenters. The minimum Gasteiger partial charge on any atom is -0.467 e. The van der Waals surface area contributed by atoms with Crippen LogP contribution >= 0.6 is 23.1 Å². The van der Waals surface area contributed by atoms with Crippen molar-refractivity contribution in [1.29, 1.82) is 0 Å². The van der Waals surface area contributed by atoms with Gasteiger partial charge in [0.1, 0.15) is 10.6 Å². The highest BCUT2D eigenvalue weighted by Crippen LogP contribution is 2.36. The Kier molecular flexibility index (Phi) is 5.71. The Bertz CT molecular complexity index is 975. The Morgan fingerprint density at radius 1 is 1.48 bits per heavy atom. The molecule has 0 N–H and O–H groups in total. The van der Waals surface area contributed by atoms with E-state index < -0.39 is 0 Å². The first-order valence-corrected chi connectivity index (χ1v) is 11.3. The van der Waals surface area contributed by atoms with E-state index in [4.69, 9.17) is 14.1 Å². The van der Waals surface area contributed by atoms with Gasteiger partial charge in [-0.3, -0.25) is 9.36 Å². The zero-order chi connectivity index (χ0) is 18.8. The number of fused-ring (bicyclic) bond motifs is 3. The van der Waals surface area contributed by atoms with E-state index in [9.17, 15) is 4.79 Å². The van der Waals surface area contributed by atoms with E-state index in [1.165, 1.54) is 10.4 Å². The molecule has 0 bridgehead atoms. The lowest BCUT2D eigenvalue weighted by atomic mass is 9.89. The Labute approximate surface area is 166 Å². The molecule has 0 fully saturated rings. The van der Waals surface area contributed by atoms with Gasteiger partial charge >= 0.3 is 0 Å². The lowest BCUT2D eigenvalue weighted by Crippen LogP contribution is -2.24. The highest BCUT2D eigenvalue weighted by Gasteiger charge is 2.25. The van der Waals surface area contributed by atoms with Gasteiger partial charge in [0.15, 0.2) is 5.16 Å². The number of thioether (sulfide) groups is 1. The van der Waals surface area contributed by atoms with E-state index in [-0.39, 0.29) is 5.56 Å². The predicted octanol–water partition coefficient (Wildman–Crippen LogP) is 4.35. The van der Waals surface area contributed by atoms with Crippen LogP contribution in [0.5, 0.6) is 0 Å². The van der Waals surface area contributed by atoms with Gasteiger partial charge in [0.25, 0.3) is 5.56 Å². The molecule has 1 aliphatic rings. The summed E-state index contributed by atoms with van der Waals surface area (Å²) in [7, 11) is 0. The Morgan fingerprint density at radius 2 is 2.37 bits per heavy atom. The van der Waals surface area contributed by atoms with Crippen LogP contribution in [0.3, 0.4) is 0 Å². The molecule has 0 spiro atoms. The van der Waals surface area contributed by atoms with E-state index in [1.54, 1.807) is 33.9 Å². The molecule has 3 aromatic rings. The molecule has 1 aliphatic carbocycles. The quantitative estimate of drug-likeness (QED) is 0.333. The van der Waals surface area contributed by atoms with Crippen LogP contribution in [-0.4, -0.2) is 28.5 Å². The van der Waals surface area contributed by atoms with Gasteiger partial charge in [-0.25, -0.2) is 4.98 Å². The minimum atomic E-state index is 0.0577. The molecule has 7 heteroatoms. The van der Waals surface area contributed by atoms with Crippen LogP contribution in [0, 0.1) is 5.92 Å². The lowest BCUT2D eigenvalue weighted by Gasteiger charge is -2.17. The van der Waals surface area contributed by atoms with Gasteiger partial charge in [0.05, 0.1) is 24.8 Å². The molecule has 0 aromatic carbocycles. The maximum atomic E-state index is 13.4. The van der Waals surface area contributed by atoms with E-state index in [0.717, 1.165) is 46.1 Å². The fraction of sp³-hybridized carbons (Fsp3) is 0.500. The van der Waals surface area contributed by atoms with Crippen molar-refractivity contribution in [3.8, 4) is 0 Å². The van der Waals surface area contributed by atoms with Crippen molar-refractivity contribution in [2.75, 3.05) is 19.0 Å². The van der Waals surface area contributed by atoms with Crippen LogP contribution in [0.15, 0.2) is 32.8 Å². The summed E-state index contributed by atoms with van der Waals surface area (Å²) in [5.41, 5.74) is 1.28. The Balaban J connectivity index is 1.77. The average molecular weight is 405 g/mol. The molecule has 144 valence electrons. The number of ether oxygens (including phenoxy) is 1. The van der Waals surface area contributed by atoms with Crippen molar-refractivity contribution in [3.05, 3.63) is 45.0 Å². The summed E-state index contributed by atoms with van der Waals surface area (Å²) >= 11 is 3.28. The lowest BCUT2D eigenvalue weighted by molar-refractivity contribution is 0.164. The third kappa shape index (κ3) is 3.86. The van der Waals surface area contributed by atoms with E-state index in [0.29, 0.717) is 25.7 Å². The smallest absolute Gasteiger partial charge is 0.263 e.